The van der Waals surface area contributed by atoms with Crippen molar-refractivity contribution < 1.29 is 4.43 Å². The number of halogens is 2. The van der Waals surface area contributed by atoms with Crippen molar-refractivity contribution in [2.24, 2.45) is 0 Å². The largest absolute Gasteiger partial charge is 0.409 e. The summed E-state index contributed by atoms with van der Waals surface area (Å²) in [4.78, 5) is 0. The molecule has 0 aliphatic rings. The molecule has 0 spiro atoms. The van der Waals surface area contributed by atoms with E-state index < -0.39 is 5.06 Å². The summed E-state index contributed by atoms with van der Waals surface area (Å²) in [6.07, 6.45) is 0. The first kappa shape index (κ1) is 7.76. The molecule has 0 saturated carbocycles. The van der Waals surface area contributed by atoms with E-state index in [9.17, 15) is 0 Å². The molecule has 0 heterocycles. The first-order valence-corrected chi connectivity index (χ1v) is 3.65. The Morgan fingerprint density at radius 1 is 1.86 bits per heavy atom. The van der Waals surface area contributed by atoms with Gasteiger partial charge in [-0.3, -0.25) is 0 Å². The monoisotopic (exact) mass is 158 g/mol. The summed E-state index contributed by atoms with van der Waals surface area (Å²) < 4.78 is 4.86. The molecule has 0 aromatic heterocycles. The quantitative estimate of drug-likeness (QED) is 0.420. The van der Waals surface area contributed by atoms with E-state index in [0.717, 1.165) is 0 Å². The van der Waals surface area contributed by atoms with E-state index in [1.807, 2.05) is 0 Å². The van der Waals surface area contributed by atoms with Crippen LogP contribution in [-0.2, 0) is 4.43 Å². The average molecular weight is 159 g/mol. The highest BCUT2D eigenvalue weighted by Gasteiger charge is 2.15. The lowest BCUT2D eigenvalue weighted by Gasteiger charge is -2.15. The van der Waals surface area contributed by atoms with Crippen LogP contribution in [0.15, 0.2) is 0 Å². The fraction of sp³-hybridized carbons (Fsp3) is 1.00. The molecule has 0 bridgehead atoms. The van der Waals surface area contributed by atoms with E-state index in [4.69, 9.17) is 27.6 Å². The van der Waals surface area contributed by atoms with Gasteiger partial charge in [0.1, 0.15) is 15.5 Å². The third kappa shape index (κ3) is 3.35. The second-order valence-corrected chi connectivity index (χ2v) is 2.91. The van der Waals surface area contributed by atoms with Gasteiger partial charge in [0.05, 0.1) is 5.88 Å². The number of hydrogen-bond acceptors (Lipinski definition) is 1. The normalized spacial score (nSPS) is 19.3. The van der Waals surface area contributed by atoms with Gasteiger partial charge in [-0.15, -0.1) is 11.6 Å². The van der Waals surface area contributed by atoms with Gasteiger partial charge in [0.25, 0.3) is 0 Å². The summed E-state index contributed by atoms with van der Waals surface area (Å²) in [6, 6.07) is 0. The topological polar surface area (TPSA) is 9.23 Å². The average Bonchev–Trinajstić information content (AvgIpc) is 1.68. The lowest BCUT2D eigenvalue weighted by molar-refractivity contribution is 0.224. The zero-order chi connectivity index (χ0) is 5.91. The maximum Gasteiger partial charge on any atom is 0.148 e. The zero-order valence-corrected chi connectivity index (χ0v) is 7.88. The Bertz CT molecular complexity index is 50.9. The number of alkyl halides is 2. The Hall–Kier alpha value is 0.757. The second kappa shape index (κ2) is 2.92. The summed E-state index contributed by atoms with van der Waals surface area (Å²) in [5, 5.41) is -0.617. The summed E-state index contributed by atoms with van der Waals surface area (Å²) in [6.45, 7) is 1.74. The Balaban J connectivity index is 3.36. The van der Waals surface area contributed by atoms with E-state index in [1.54, 1.807) is 6.92 Å². The minimum absolute atomic E-state index is 0.345. The maximum atomic E-state index is 5.59. The molecule has 0 radical (unpaired) electrons. The minimum Gasteiger partial charge on any atom is -0.409 e. The lowest BCUT2D eigenvalue weighted by atomic mass is 10.5. The molecule has 1 atom stereocenters. The SMILES string of the molecule is CC(Cl)(CCl)O[SiH3]. The van der Waals surface area contributed by atoms with Gasteiger partial charge in [0, 0.05) is 0 Å². The molecule has 4 heteroatoms. The van der Waals surface area contributed by atoms with Crippen LogP contribution in [0.25, 0.3) is 0 Å². The van der Waals surface area contributed by atoms with Gasteiger partial charge in [0.15, 0.2) is 0 Å². The van der Waals surface area contributed by atoms with Crippen LogP contribution < -0.4 is 0 Å². The van der Waals surface area contributed by atoms with Crippen LogP contribution in [0.3, 0.4) is 0 Å². The van der Waals surface area contributed by atoms with Gasteiger partial charge >= 0.3 is 0 Å². The Morgan fingerprint density at radius 2 is 2.29 bits per heavy atom. The molecule has 0 aromatic carbocycles. The lowest BCUT2D eigenvalue weighted by Crippen LogP contribution is -2.21. The molecule has 1 unspecified atom stereocenters. The van der Waals surface area contributed by atoms with Gasteiger partial charge in [0.2, 0.25) is 0 Å². The Kier molecular flexibility index (Phi) is 3.24. The van der Waals surface area contributed by atoms with E-state index in [-0.39, 0.29) is 0 Å². The fourth-order valence-electron chi connectivity index (χ4n) is 0.0546. The molecule has 1 nitrogen and oxygen atoms in total. The molecule has 7 heavy (non-hydrogen) atoms. The Labute approximate surface area is 56.5 Å². The van der Waals surface area contributed by atoms with Crippen molar-refractivity contribution in [2.75, 3.05) is 5.88 Å². The number of rotatable bonds is 2. The van der Waals surface area contributed by atoms with Crippen LogP contribution in [0.2, 0.25) is 0 Å². The van der Waals surface area contributed by atoms with Crippen LogP contribution in [0.4, 0.5) is 0 Å². The van der Waals surface area contributed by atoms with Crippen molar-refractivity contribution in [1.82, 2.24) is 0 Å². The standard InChI is InChI=1S/C3H8Cl2OSi/c1-3(5,2-4)6-7/h2H2,1,7H3. The smallest absolute Gasteiger partial charge is 0.148 e. The first-order valence-electron chi connectivity index (χ1n) is 1.92. The van der Waals surface area contributed by atoms with Crippen LogP contribution in [0.5, 0.6) is 0 Å². The Morgan fingerprint density at radius 3 is 2.29 bits per heavy atom. The van der Waals surface area contributed by atoms with Crippen molar-refractivity contribution >= 4 is 33.7 Å². The molecule has 0 aromatic rings. The third-order valence-corrected chi connectivity index (χ3v) is 2.76. The molecular weight excluding hydrogens is 151 g/mol. The fourth-order valence-corrected chi connectivity index (χ4v) is 0.491. The van der Waals surface area contributed by atoms with Crippen LogP contribution in [-0.4, -0.2) is 21.4 Å². The predicted octanol–water partition coefficient (Wildman–Crippen LogP) is 0.477. The molecule has 44 valence electrons. The van der Waals surface area contributed by atoms with E-state index in [0.29, 0.717) is 16.4 Å². The van der Waals surface area contributed by atoms with Gasteiger partial charge < -0.3 is 4.43 Å². The van der Waals surface area contributed by atoms with Gasteiger partial charge in [-0.2, -0.15) is 0 Å². The van der Waals surface area contributed by atoms with Crippen molar-refractivity contribution in [1.29, 1.82) is 0 Å². The van der Waals surface area contributed by atoms with Crippen molar-refractivity contribution in [3.8, 4) is 0 Å². The second-order valence-electron chi connectivity index (χ2n) is 1.44. The highest BCUT2D eigenvalue weighted by Crippen LogP contribution is 2.14. The molecule has 0 amide bonds. The molecular formula is C3H8Cl2OSi. The van der Waals surface area contributed by atoms with Crippen LogP contribution in [0, 0.1) is 0 Å². The van der Waals surface area contributed by atoms with Crippen molar-refractivity contribution in [3.05, 3.63) is 0 Å². The summed E-state index contributed by atoms with van der Waals surface area (Å²) in [5.41, 5.74) is 0. The number of hydrogen-bond donors (Lipinski definition) is 0. The summed E-state index contributed by atoms with van der Waals surface area (Å²) in [5.74, 6) is 0.345. The van der Waals surface area contributed by atoms with Crippen LogP contribution in [0.1, 0.15) is 6.92 Å². The van der Waals surface area contributed by atoms with E-state index >= 15 is 0 Å². The zero-order valence-electron chi connectivity index (χ0n) is 4.37. The minimum atomic E-state index is -0.617. The highest BCUT2D eigenvalue weighted by atomic mass is 35.5. The van der Waals surface area contributed by atoms with Crippen LogP contribution >= 0.6 is 23.2 Å². The first-order chi connectivity index (χ1) is 3.12. The summed E-state index contributed by atoms with van der Waals surface area (Å²) in [7, 11) is 0.641. The van der Waals surface area contributed by atoms with Crippen molar-refractivity contribution in [2.45, 2.75) is 12.0 Å². The van der Waals surface area contributed by atoms with Gasteiger partial charge in [-0.1, -0.05) is 11.6 Å². The molecule has 0 aliphatic heterocycles. The maximum absolute atomic E-state index is 5.59. The summed E-state index contributed by atoms with van der Waals surface area (Å²) >= 11 is 10.9. The molecule has 0 fully saturated rings. The molecule has 0 N–H and O–H groups in total. The van der Waals surface area contributed by atoms with E-state index in [1.165, 1.54) is 0 Å². The molecule has 0 aliphatic carbocycles. The van der Waals surface area contributed by atoms with E-state index in [2.05, 4.69) is 0 Å². The van der Waals surface area contributed by atoms with Gasteiger partial charge in [-0.05, 0) is 6.92 Å². The molecule has 0 rings (SSSR count). The predicted molar refractivity (Wildman–Crippen MR) is 36.0 cm³/mol. The third-order valence-electron chi connectivity index (χ3n) is 0.664. The highest BCUT2D eigenvalue weighted by molar-refractivity contribution is 6.30. The van der Waals surface area contributed by atoms with Gasteiger partial charge in [-0.25, -0.2) is 0 Å². The van der Waals surface area contributed by atoms with Crippen molar-refractivity contribution in [3.63, 3.8) is 0 Å². The molecule has 0 saturated heterocycles.